The van der Waals surface area contributed by atoms with Crippen molar-refractivity contribution in [3.8, 4) is 17.2 Å². The predicted octanol–water partition coefficient (Wildman–Crippen LogP) is 3.54. The zero-order valence-electron chi connectivity index (χ0n) is 16.5. The van der Waals surface area contributed by atoms with Gasteiger partial charge in [-0.05, 0) is 29.8 Å². The standard InChI is InChI=1S/C20H15ClN2O8/c1-10(24)30-18-16(28-2)7-11(8-17(18)29-3)6-15-20(25)31-19(22-15)13-9-12(23(26)27)4-5-14(13)21/h4-9H,1-3H3/b15-6-. The first-order chi connectivity index (χ1) is 14.7. The van der Waals surface area contributed by atoms with E-state index in [1.807, 2.05) is 0 Å². The molecule has 2 aromatic rings. The van der Waals surface area contributed by atoms with E-state index in [2.05, 4.69) is 4.99 Å². The molecule has 0 bridgehead atoms. The molecule has 1 aliphatic heterocycles. The number of nitro groups is 1. The fourth-order valence-electron chi connectivity index (χ4n) is 2.70. The van der Waals surface area contributed by atoms with E-state index in [1.54, 1.807) is 0 Å². The summed E-state index contributed by atoms with van der Waals surface area (Å²) in [5.41, 5.74) is 0.229. The number of carbonyl (C=O) groups excluding carboxylic acids is 2. The van der Waals surface area contributed by atoms with E-state index in [4.69, 9.17) is 30.5 Å². The molecule has 0 saturated heterocycles. The van der Waals surface area contributed by atoms with Gasteiger partial charge in [0.05, 0.1) is 29.7 Å². The molecule has 0 N–H and O–H groups in total. The van der Waals surface area contributed by atoms with Gasteiger partial charge in [-0.2, -0.15) is 0 Å². The van der Waals surface area contributed by atoms with Gasteiger partial charge in [0.15, 0.2) is 17.2 Å². The molecule has 31 heavy (non-hydrogen) atoms. The Bertz CT molecular complexity index is 1130. The van der Waals surface area contributed by atoms with Crippen LogP contribution in [0.15, 0.2) is 41.0 Å². The number of cyclic esters (lactones) is 1. The summed E-state index contributed by atoms with van der Waals surface area (Å²) in [5.74, 6) is -1.04. The van der Waals surface area contributed by atoms with Crippen molar-refractivity contribution < 1.29 is 33.5 Å². The average Bonchev–Trinajstić information content (AvgIpc) is 3.08. The first kappa shape index (κ1) is 21.8. The third-order valence-electron chi connectivity index (χ3n) is 4.04. The van der Waals surface area contributed by atoms with Gasteiger partial charge in [-0.3, -0.25) is 14.9 Å². The van der Waals surface area contributed by atoms with Crippen molar-refractivity contribution in [1.29, 1.82) is 0 Å². The summed E-state index contributed by atoms with van der Waals surface area (Å²) in [4.78, 5) is 38.2. The summed E-state index contributed by atoms with van der Waals surface area (Å²) in [6.45, 7) is 1.23. The molecule has 0 fully saturated rings. The van der Waals surface area contributed by atoms with Gasteiger partial charge in [0.25, 0.3) is 5.69 Å². The minimum absolute atomic E-state index is 0.0816. The fraction of sp³-hybridized carbons (Fsp3) is 0.150. The van der Waals surface area contributed by atoms with Crippen LogP contribution in [0.5, 0.6) is 17.2 Å². The van der Waals surface area contributed by atoms with E-state index in [0.29, 0.717) is 5.56 Å². The Hall–Kier alpha value is -3.92. The fourth-order valence-corrected chi connectivity index (χ4v) is 2.90. The van der Waals surface area contributed by atoms with E-state index >= 15 is 0 Å². The number of benzene rings is 2. The molecule has 0 spiro atoms. The molecule has 160 valence electrons. The van der Waals surface area contributed by atoms with Crippen LogP contribution in [-0.2, 0) is 14.3 Å². The van der Waals surface area contributed by atoms with Gasteiger partial charge in [-0.25, -0.2) is 9.79 Å². The Morgan fingerprint density at radius 2 is 1.84 bits per heavy atom. The van der Waals surface area contributed by atoms with Crippen LogP contribution < -0.4 is 14.2 Å². The first-order valence-electron chi connectivity index (χ1n) is 8.64. The van der Waals surface area contributed by atoms with Crippen LogP contribution in [0.2, 0.25) is 5.02 Å². The molecule has 0 aliphatic carbocycles. The molecule has 0 aromatic heterocycles. The number of nitro benzene ring substituents is 1. The number of methoxy groups -OCH3 is 2. The highest BCUT2D eigenvalue weighted by molar-refractivity contribution is 6.34. The van der Waals surface area contributed by atoms with E-state index in [9.17, 15) is 19.7 Å². The SMILES string of the molecule is COc1cc(/C=C2\N=C(c3cc([N+](=O)[O-])ccc3Cl)OC2=O)cc(OC)c1OC(C)=O. The van der Waals surface area contributed by atoms with Gasteiger partial charge in [0, 0.05) is 19.1 Å². The number of nitrogens with zero attached hydrogens (tertiary/aromatic N) is 2. The third kappa shape index (κ3) is 4.64. The maximum atomic E-state index is 12.3. The minimum Gasteiger partial charge on any atom is -0.493 e. The van der Waals surface area contributed by atoms with Gasteiger partial charge in [-0.1, -0.05) is 11.6 Å². The van der Waals surface area contributed by atoms with E-state index in [-0.39, 0.29) is 45.1 Å². The first-order valence-corrected chi connectivity index (χ1v) is 9.02. The quantitative estimate of drug-likeness (QED) is 0.217. The molecule has 0 unspecified atom stereocenters. The summed E-state index contributed by atoms with van der Waals surface area (Å²) in [6.07, 6.45) is 1.39. The molecule has 2 aromatic carbocycles. The van der Waals surface area contributed by atoms with Gasteiger partial charge < -0.3 is 18.9 Å². The molecular weight excluding hydrogens is 432 g/mol. The lowest BCUT2D eigenvalue weighted by atomic mass is 10.1. The molecule has 3 rings (SSSR count). The summed E-state index contributed by atoms with van der Waals surface area (Å²) >= 11 is 6.09. The Morgan fingerprint density at radius 3 is 2.39 bits per heavy atom. The maximum Gasteiger partial charge on any atom is 0.363 e. The highest BCUT2D eigenvalue weighted by Gasteiger charge is 2.27. The van der Waals surface area contributed by atoms with Gasteiger partial charge in [0.1, 0.15) is 0 Å². The highest BCUT2D eigenvalue weighted by Crippen LogP contribution is 2.39. The zero-order chi connectivity index (χ0) is 22.7. The zero-order valence-corrected chi connectivity index (χ0v) is 17.3. The van der Waals surface area contributed by atoms with Crippen LogP contribution in [0.4, 0.5) is 5.69 Å². The molecule has 0 radical (unpaired) electrons. The maximum absolute atomic E-state index is 12.3. The lowest BCUT2D eigenvalue weighted by Gasteiger charge is -2.13. The van der Waals surface area contributed by atoms with Crippen LogP contribution in [-0.4, -0.2) is 37.0 Å². The van der Waals surface area contributed by atoms with Gasteiger partial charge in [0.2, 0.25) is 11.6 Å². The second-order valence-corrected chi connectivity index (χ2v) is 6.51. The second-order valence-electron chi connectivity index (χ2n) is 6.11. The van der Waals surface area contributed by atoms with Crippen molar-refractivity contribution in [3.05, 3.63) is 62.3 Å². The predicted molar refractivity (Wildman–Crippen MR) is 110 cm³/mol. The molecule has 1 heterocycles. The van der Waals surface area contributed by atoms with E-state index < -0.39 is 16.9 Å². The second kappa shape index (κ2) is 8.84. The summed E-state index contributed by atoms with van der Waals surface area (Å²) in [5, 5.41) is 11.1. The lowest BCUT2D eigenvalue weighted by molar-refractivity contribution is -0.384. The summed E-state index contributed by atoms with van der Waals surface area (Å²) < 4.78 is 20.8. The van der Waals surface area contributed by atoms with Gasteiger partial charge >= 0.3 is 11.9 Å². The van der Waals surface area contributed by atoms with Crippen molar-refractivity contribution in [2.75, 3.05) is 14.2 Å². The number of ether oxygens (including phenoxy) is 4. The van der Waals surface area contributed by atoms with E-state index in [1.165, 1.54) is 51.5 Å². The smallest absolute Gasteiger partial charge is 0.363 e. The molecular formula is C20H15ClN2O8. The largest absolute Gasteiger partial charge is 0.493 e. The van der Waals surface area contributed by atoms with Gasteiger partial charge in [-0.15, -0.1) is 0 Å². The number of hydrogen-bond acceptors (Lipinski definition) is 9. The molecule has 0 atom stereocenters. The van der Waals surface area contributed by atoms with Crippen molar-refractivity contribution in [1.82, 2.24) is 0 Å². The minimum atomic E-state index is -0.778. The van der Waals surface area contributed by atoms with Crippen LogP contribution >= 0.6 is 11.6 Å². The average molecular weight is 447 g/mol. The molecule has 10 nitrogen and oxygen atoms in total. The molecule has 0 amide bonds. The van der Waals surface area contributed by atoms with Crippen molar-refractivity contribution in [3.63, 3.8) is 0 Å². The van der Waals surface area contributed by atoms with Crippen LogP contribution in [0.25, 0.3) is 6.08 Å². The number of halogens is 1. The molecule has 11 heteroatoms. The normalized spacial score (nSPS) is 14.1. The van der Waals surface area contributed by atoms with Crippen LogP contribution in [0.1, 0.15) is 18.1 Å². The molecule has 0 saturated carbocycles. The number of hydrogen-bond donors (Lipinski definition) is 0. The Kier molecular flexibility index (Phi) is 6.21. The Morgan fingerprint density at radius 1 is 1.19 bits per heavy atom. The third-order valence-corrected chi connectivity index (χ3v) is 4.37. The van der Waals surface area contributed by atoms with Crippen molar-refractivity contribution >= 4 is 41.2 Å². The summed E-state index contributed by atoms with van der Waals surface area (Å²) in [6, 6.07) is 6.72. The number of esters is 2. The van der Waals surface area contributed by atoms with Crippen molar-refractivity contribution in [2.45, 2.75) is 6.92 Å². The van der Waals surface area contributed by atoms with Crippen LogP contribution in [0, 0.1) is 10.1 Å². The monoisotopic (exact) mass is 446 g/mol. The lowest BCUT2D eigenvalue weighted by Crippen LogP contribution is -2.06. The highest BCUT2D eigenvalue weighted by atomic mass is 35.5. The van der Waals surface area contributed by atoms with Crippen LogP contribution in [0.3, 0.4) is 0 Å². The number of non-ortho nitro benzene ring substituents is 1. The Labute approximate surface area is 180 Å². The number of carbonyl (C=O) groups is 2. The Balaban J connectivity index is 2.04. The summed E-state index contributed by atoms with van der Waals surface area (Å²) in [7, 11) is 2.76. The topological polar surface area (TPSA) is 127 Å². The number of rotatable bonds is 6. The molecule has 1 aliphatic rings. The number of aliphatic imine (C=N–C) groups is 1. The van der Waals surface area contributed by atoms with E-state index in [0.717, 1.165) is 6.07 Å². The van der Waals surface area contributed by atoms with Crippen molar-refractivity contribution in [2.24, 2.45) is 4.99 Å².